The van der Waals surface area contributed by atoms with Crippen molar-refractivity contribution < 1.29 is 22.7 Å². The second-order valence-corrected chi connectivity index (χ2v) is 9.71. The Morgan fingerprint density at radius 1 is 1.00 bits per heavy atom. The van der Waals surface area contributed by atoms with Gasteiger partial charge in [0.25, 0.3) is 10.0 Å². The molecule has 0 N–H and O–H groups in total. The van der Waals surface area contributed by atoms with E-state index in [0.717, 1.165) is 11.1 Å². The number of fused-ring (bicyclic) bond motifs is 1. The number of thioether (sulfide) groups is 1. The Morgan fingerprint density at radius 3 is 2.45 bits per heavy atom. The number of hydrogen-bond acceptors (Lipinski definition) is 7. The van der Waals surface area contributed by atoms with Crippen LogP contribution in [-0.2, 0) is 27.1 Å². The first-order valence-corrected chi connectivity index (χ1v) is 12.5. The quantitative estimate of drug-likeness (QED) is 0.479. The van der Waals surface area contributed by atoms with Gasteiger partial charge in [-0.25, -0.2) is 4.79 Å². The normalized spacial score (nSPS) is 14.2. The smallest absolute Gasteiger partial charge is 0.337 e. The van der Waals surface area contributed by atoms with Gasteiger partial charge >= 0.3 is 5.97 Å². The molecule has 0 bridgehead atoms. The standard InChI is InChI=1S/C24H22N2O5S2/c1-30-21-13-12-18(23(27)31-2)14-19(21)16-32-24-25-33(28,29)22-11-7-6-10-20(22)26(24)15-17-8-4-3-5-9-17/h3-14H,15-16H2,1-2H3. The van der Waals surface area contributed by atoms with E-state index in [9.17, 15) is 13.2 Å². The second kappa shape index (κ2) is 9.68. The van der Waals surface area contributed by atoms with Crippen molar-refractivity contribution in [3.63, 3.8) is 0 Å². The van der Waals surface area contributed by atoms with Gasteiger partial charge < -0.3 is 14.4 Å². The molecular formula is C24H22N2O5S2. The largest absolute Gasteiger partial charge is 0.496 e. The van der Waals surface area contributed by atoms with E-state index in [4.69, 9.17) is 9.47 Å². The lowest BCUT2D eigenvalue weighted by Gasteiger charge is -2.30. The molecule has 1 heterocycles. The lowest BCUT2D eigenvalue weighted by Crippen LogP contribution is -2.33. The van der Waals surface area contributed by atoms with E-state index in [1.54, 1.807) is 43.5 Å². The Kier molecular flexibility index (Phi) is 6.71. The average molecular weight is 483 g/mol. The average Bonchev–Trinajstić information content (AvgIpc) is 2.84. The fourth-order valence-corrected chi connectivity index (χ4v) is 5.93. The zero-order valence-electron chi connectivity index (χ0n) is 18.1. The Balaban J connectivity index is 1.69. The van der Waals surface area contributed by atoms with Crippen LogP contribution in [0.3, 0.4) is 0 Å². The van der Waals surface area contributed by atoms with E-state index in [2.05, 4.69) is 4.40 Å². The first kappa shape index (κ1) is 22.9. The first-order valence-electron chi connectivity index (χ1n) is 10.1. The molecule has 7 nitrogen and oxygen atoms in total. The molecule has 0 amide bonds. The van der Waals surface area contributed by atoms with Crippen molar-refractivity contribution in [3.8, 4) is 5.75 Å². The van der Waals surface area contributed by atoms with Gasteiger partial charge in [0.05, 0.1) is 32.0 Å². The third-order valence-electron chi connectivity index (χ3n) is 5.10. The van der Waals surface area contributed by atoms with Crippen LogP contribution in [0.4, 0.5) is 5.69 Å². The number of methoxy groups -OCH3 is 2. The number of nitrogens with zero attached hydrogens (tertiary/aromatic N) is 2. The zero-order valence-corrected chi connectivity index (χ0v) is 19.7. The number of anilines is 1. The van der Waals surface area contributed by atoms with Gasteiger partial charge in [-0.3, -0.25) is 0 Å². The fourth-order valence-electron chi connectivity index (χ4n) is 3.50. The van der Waals surface area contributed by atoms with Crippen LogP contribution >= 0.6 is 11.8 Å². The molecule has 0 atom stereocenters. The van der Waals surface area contributed by atoms with Crippen LogP contribution in [0.1, 0.15) is 21.5 Å². The maximum atomic E-state index is 12.9. The first-order chi connectivity index (χ1) is 15.9. The summed E-state index contributed by atoms with van der Waals surface area (Å²) in [6, 6.07) is 21.6. The van der Waals surface area contributed by atoms with Crippen LogP contribution < -0.4 is 9.64 Å². The third-order valence-corrected chi connectivity index (χ3v) is 7.56. The Bertz CT molecular complexity index is 1310. The van der Waals surface area contributed by atoms with Crippen LogP contribution in [0.25, 0.3) is 0 Å². The molecule has 0 aliphatic carbocycles. The zero-order chi connectivity index (χ0) is 23.4. The number of sulfonamides is 1. The van der Waals surface area contributed by atoms with Crippen molar-refractivity contribution in [3.05, 3.63) is 89.5 Å². The van der Waals surface area contributed by atoms with E-state index in [0.29, 0.717) is 34.5 Å². The van der Waals surface area contributed by atoms with Gasteiger partial charge in [-0.1, -0.05) is 54.2 Å². The highest BCUT2D eigenvalue weighted by atomic mass is 32.2. The fraction of sp³-hybridized carbons (Fsp3) is 0.167. The number of benzene rings is 3. The SMILES string of the molecule is COC(=O)c1ccc(OC)c(CSC2=NS(=O)(=O)c3ccccc3N2Cc2ccccc2)c1. The van der Waals surface area contributed by atoms with E-state index in [1.165, 1.54) is 18.9 Å². The molecule has 4 rings (SSSR count). The lowest BCUT2D eigenvalue weighted by atomic mass is 10.1. The molecule has 0 saturated heterocycles. The van der Waals surface area contributed by atoms with Gasteiger partial charge in [-0.05, 0) is 35.9 Å². The molecule has 1 aliphatic heterocycles. The van der Waals surface area contributed by atoms with Crippen molar-refractivity contribution >= 4 is 38.6 Å². The number of esters is 1. The monoisotopic (exact) mass is 482 g/mol. The van der Waals surface area contributed by atoms with Gasteiger partial charge in [-0.15, -0.1) is 4.40 Å². The maximum absolute atomic E-state index is 12.9. The Hall–Kier alpha value is -3.30. The van der Waals surface area contributed by atoms with Gasteiger partial charge in [0.1, 0.15) is 10.6 Å². The molecule has 170 valence electrons. The van der Waals surface area contributed by atoms with Gasteiger partial charge in [0.2, 0.25) is 0 Å². The van der Waals surface area contributed by atoms with Crippen molar-refractivity contribution in [2.75, 3.05) is 19.1 Å². The molecular weight excluding hydrogens is 460 g/mol. The summed E-state index contributed by atoms with van der Waals surface area (Å²) in [5, 5.41) is 0.350. The molecule has 0 fully saturated rings. The summed E-state index contributed by atoms with van der Waals surface area (Å²) in [5.41, 5.74) is 2.71. The van der Waals surface area contributed by atoms with Crippen molar-refractivity contribution in [1.82, 2.24) is 0 Å². The molecule has 33 heavy (non-hydrogen) atoms. The van der Waals surface area contributed by atoms with Crippen LogP contribution in [0.2, 0.25) is 0 Å². The highest BCUT2D eigenvalue weighted by Crippen LogP contribution is 2.36. The van der Waals surface area contributed by atoms with Gasteiger partial charge in [0, 0.05) is 11.3 Å². The van der Waals surface area contributed by atoms with Crippen molar-refractivity contribution in [2.45, 2.75) is 17.2 Å². The minimum Gasteiger partial charge on any atom is -0.496 e. The van der Waals surface area contributed by atoms with Gasteiger partial charge in [0.15, 0.2) is 5.17 Å². The minimum absolute atomic E-state index is 0.176. The van der Waals surface area contributed by atoms with Crippen LogP contribution in [0.15, 0.2) is 82.1 Å². The van der Waals surface area contributed by atoms with Crippen LogP contribution in [0, 0.1) is 0 Å². The number of amidine groups is 1. The third kappa shape index (κ3) is 4.89. The summed E-state index contributed by atoms with van der Waals surface area (Å²) in [6.07, 6.45) is 0. The van der Waals surface area contributed by atoms with E-state index >= 15 is 0 Å². The molecule has 0 aromatic heterocycles. The summed E-state index contributed by atoms with van der Waals surface area (Å²) in [7, 11) is -0.978. The van der Waals surface area contributed by atoms with Gasteiger partial charge in [-0.2, -0.15) is 8.42 Å². The number of para-hydroxylation sites is 1. The molecule has 0 unspecified atom stereocenters. The summed E-state index contributed by atoms with van der Waals surface area (Å²) in [5.74, 6) is 0.473. The number of rotatable bonds is 6. The summed E-state index contributed by atoms with van der Waals surface area (Å²) in [4.78, 5) is 14.0. The molecule has 0 saturated carbocycles. The van der Waals surface area contributed by atoms with E-state index in [-0.39, 0.29) is 4.90 Å². The number of hydrogen-bond donors (Lipinski definition) is 0. The number of carbonyl (C=O) groups excluding carboxylic acids is 1. The number of carbonyl (C=O) groups is 1. The van der Waals surface area contributed by atoms with E-state index < -0.39 is 16.0 Å². The van der Waals surface area contributed by atoms with E-state index in [1.807, 2.05) is 41.3 Å². The summed E-state index contributed by atoms with van der Waals surface area (Å²) < 4.78 is 40.1. The highest BCUT2D eigenvalue weighted by molar-refractivity contribution is 8.14. The van der Waals surface area contributed by atoms with Crippen molar-refractivity contribution in [2.24, 2.45) is 4.40 Å². The number of ether oxygens (including phenoxy) is 2. The molecule has 3 aromatic carbocycles. The topological polar surface area (TPSA) is 85.3 Å². The second-order valence-electron chi connectivity index (χ2n) is 7.20. The summed E-state index contributed by atoms with van der Waals surface area (Å²) >= 11 is 1.27. The molecule has 0 spiro atoms. The molecule has 0 radical (unpaired) electrons. The molecule has 1 aliphatic rings. The molecule has 9 heteroatoms. The van der Waals surface area contributed by atoms with Crippen LogP contribution in [0.5, 0.6) is 5.75 Å². The predicted octanol–water partition coefficient (Wildman–Crippen LogP) is 4.48. The lowest BCUT2D eigenvalue weighted by molar-refractivity contribution is 0.0600. The predicted molar refractivity (Wildman–Crippen MR) is 129 cm³/mol. The summed E-state index contributed by atoms with van der Waals surface area (Å²) in [6.45, 7) is 0.457. The van der Waals surface area contributed by atoms with Crippen molar-refractivity contribution in [1.29, 1.82) is 0 Å². The Morgan fingerprint density at radius 2 is 1.73 bits per heavy atom. The molecule has 3 aromatic rings. The maximum Gasteiger partial charge on any atom is 0.337 e. The Labute approximate surface area is 197 Å². The van der Waals surface area contributed by atoms with Crippen LogP contribution in [-0.4, -0.2) is 33.8 Å². The minimum atomic E-state index is -3.84. The highest BCUT2D eigenvalue weighted by Gasteiger charge is 2.31.